The van der Waals surface area contributed by atoms with E-state index in [4.69, 9.17) is 14.2 Å². The minimum absolute atomic E-state index is 0.163. The summed E-state index contributed by atoms with van der Waals surface area (Å²) in [5, 5.41) is 9.70. The molecule has 9 nitrogen and oxygen atoms in total. The quantitative estimate of drug-likeness (QED) is 0.564. The topological polar surface area (TPSA) is 106 Å². The van der Waals surface area contributed by atoms with Crippen LogP contribution in [0.1, 0.15) is 16.1 Å². The van der Waals surface area contributed by atoms with Crippen molar-refractivity contribution in [3.8, 4) is 34.6 Å². The van der Waals surface area contributed by atoms with Gasteiger partial charge >= 0.3 is 6.09 Å². The van der Waals surface area contributed by atoms with Crippen molar-refractivity contribution in [1.29, 1.82) is 0 Å². The molecule has 0 aliphatic carbocycles. The SMILES string of the molecule is COc1ccc(OC)c(-c2cc(C(=O)NCC#Cc3ccc(N4CCOC4=O)cc3)[nH]n2)c1. The van der Waals surface area contributed by atoms with Gasteiger partial charge in [0.2, 0.25) is 0 Å². The first kappa shape index (κ1) is 21.8. The van der Waals surface area contributed by atoms with Gasteiger partial charge in [-0.1, -0.05) is 11.8 Å². The number of carbonyl (C=O) groups is 2. The number of hydrogen-bond donors (Lipinski definition) is 2. The van der Waals surface area contributed by atoms with Crippen LogP contribution in [0.25, 0.3) is 11.3 Å². The van der Waals surface area contributed by atoms with Gasteiger partial charge in [0.05, 0.1) is 33.0 Å². The molecule has 0 bridgehead atoms. The molecule has 2 amide bonds. The molecule has 1 saturated heterocycles. The van der Waals surface area contributed by atoms with E-state index in [0.717, 1.165) is 11.3 Å². The monoisotopic (exact) mass is 446 g/mol. The summed E-state index contributed by atoms with van der Waals surface area (Å²) in [6.45, 7) is 1.09. The van der Waals surface area contributed by atoms with Crippen LogP contribution in [0.4, 0.5) is 10.5 Å². The largest absolute Gasteiger partial charge is 0.497 e. The van der Waals surface area contributed by atoms with Crippen molar-refractivity contribution >= 4 is 17.7 Å². The molecule has 2 N–H and O–H groups in total. The maximum Gasteiger partial charge on any atom is 0.414 e. The minimum Gasteiger partial charge on any atom is -0.497 e. The molecule has 168 valence electrons. The second-order valence-corrected chi connectivity index (χ2v) is 7.03. The average molecular weight is 446 g/mol. The fourth-order valence-corrected chi connectivity index (χ4v) is 3.31. The molecule has 0 saturated carbocycles. The Kier molecular flexibility index (Phi) is 6.45. The summed E-state index contributed by atoms with van der Waals surface area (Å²) in [6.07, 6.45) is -0.344. The number of H-pyrrole nitrogens is 1. The second kappa shape index (κ2) is 9.78. The molecule has 1 fully saturated rings. The highest BCUT2D eigenvalue weighted by Crippen LogP contribution is 2.32. The molecule has 0 radical (unpaired) electrons. The Labute approximate surface area is 190 Å². The molecule has 2 heterocycles. The molecule has 9 heteroatoms. The van der Waals surface area contributed by atoms with E-state index in [9.17, 15) is 9.59 Å². The third-order valence-corrected chi connectivity index (χ3v) is 5.01. The lowest BCUT2D eigenvalue weighted by molar-refractivity contribution is 0.0953. The summed E-state index contributed by atoms with van der Waals surface area (Å²) < 4.78 is 15.6. The zero-order valence-corrected chi connectivity index (χ0v) is 18.2. The van der Waals surface area contributed by atoms with Crippen molar-refractivity contribution in [2.45, 2.75) is 0 Å². The molecular formula is C24H22N4O5. The highest BCUT2D eigenvalue weighted by molar-refractivity contribution is 5.93. The van der Waals surface area contributed by atoms with E-state index in [1.807, 2.05) is 24.3 Å². The fraction of sp³-hybridized carbons (Fsp3) is 0.208. The standard InChI is InChI=1S/C24H22N4O5/c1-31-18-9-10-22(32-2)19(14-18)20-15-21(27-26-20)23(29)25-11-3-4-16-5-7-17(8-6-16)28-12-13-33-24(28)30/h5-10,14-15H,11-13H2,1-2H3,(H,25,29)(H,26,27). The lowest BCUT2D eigenvalue weighted by Gasteiger charge is -2.11. The molecule has 1 aliphatic rings. The summed E-state index contributed by atoms with van der Waals surface area (Å²) >= 11 is 0. The first-order chi connectivity index (χ1) is 16.1. The van der Waals surface area contributed by atoms with Crippen molar-refractivity contribution in [2.24, 2.45) is 0 Å². The van der Waals surface area contributed by atoms with Crippen LogP contribution in [-0.2, 0) is 4.74 Å². The van der Waals surface area contributed by atoms with Gasteiger partial charge in [0.25, 0.3) is 5.91 Å². The summed E-state index contributed by atoms with van der Waals surface area (Å²) in [5.74, 6) is 6.85. The highest BCUT2D eigenvalue weighted by Gasteiger charge is 2.23. The lowest BCUT2D eigenvalue weighted by Crippen LogP contribution is -2.23. The molecule has 4 rings (SSSR count). The van der Waals surface area contributed by atoms with Crippen molar-refractivity contribution in [2.75, 3.05) is 38.8 Å². The number of aromatic nitrogens is 2. The average Bonchev–Trinajstić information content (AvgIpc) is 3.51. The van der Waals surface area contributed by atoms with E-state index in [1.54, 1.807) is 43.4 Å². The van der Waals surface area contributed by atoms with Crippen molar-refractivity contribution in [1.82, 2.24) is 15.5 Å². The zero-order chi connectivity index (χ0) is 23.2. The Morgan fingerprint density at radius 1 is 1.18 bits per heavy atom. The van der Waals surface area contributed by atoms with Crippen LogP contribution < -0.4 is 19.7 Å². The number of amides is 2. The van der Waals surface area contributed by atoms with E-state index >= 15 is 0 Å². The number of ether oxygens (including phenoxy) is 3. The number of carbonyl (C=O) groups excluding carboxylic acids is 2. The number of methoxy groups -OCH3 is 2. The molecule has 0 atom stereocenters. The third kappa shape index (κ3) is 4.91. The summed E-state index contributed by atoms with van der Waals surface area (Å²) in [7, 11) is 3.14. The minimum atomic E-state index is -0.344. The summed E-state index contributed by atoms with van der Waals surface area (Å²) in [4.78, 5) is 25.6. The highest BCUT2D eigenvalue weighted by atomic mass is 16.6. The Bertz CT molecular complexity index is 1220. The molecule has 3 aromatic rings. The number of nitrogens with one attached hydrogen (secondary N) is 2. The van der Waals surface area contributed by atoms with E-state index in [1.165, 1.54) is 0 Å². The number of rotatable bonds is 6. The Hall–Kier alpha value is -4.45. The Morgan fingerprint density at radius 2 is 2.00 bits per heavy atom. The van der Waals surface area contributed by atoms with Crippen LogP contribution in [0.5, 0.6) is 11.5 Å². The van der Waals surface area contributed by atoms with Gasteiger partial charge in [0.15, 0.2) is 0 Å². The number of cyclic esters (lactones) is 1. The van der Waals surface area contributed by atoms with Gasteiger partial charge < -0.3 is 19.5 Å². The first-order valence-corrected chi connectivity index (χ1v) is 10.2. The molecule has 1 aromatic heterocycles. The zero-order valence-electron chi connectivity index (χ0n) is 18.2. The molecule has 2 aromatic carbocycles. The predicted octanol–water partition coefficient (Wildman–Crippen LogP) is 2.83. The lowest BCUT2D eigenvalue weighted by atomic mass is 10.1. The Morgan fingerprint density at radius 3 is 2.70 bits per heavy atom. The number of aromatic amines is 1. The van der Waals surface area contributed by atoms with Crippen LogP contribution in [0.2, 0.25) is 0 Å². The van der Waals surface area contributed by atoms with Crippen molar-refractivity contribution in [3.63, 3.8) is 0 Å². The van der Waals surface area contributed by atoms with Crippen LogP contribution in [0, 0.1) is 11.8 Å². The molecule has 0 unspecified atom stereocenters. The number of nitrogens with zero attached hydrogens (tertiary/aromatic N) is 2. The van der Waals surface area contributed by atoms with Gasteiger partial charge in [0.1, 0.15) is 23.8 Å². The normalized spacial score (nSPS) is 12.5. The maximum atomic E-state index is 12.4. The van der Waals surface area contributed by atoms with Gasteiger partial charge in [-0.2, -0.15) is 5.10 Å². The molecule has 0 spiro atoms. The number of hydrogen-bond acceptors (Lipinski definition) is 6. The maximum absolute atomic E-state index is 12.4. The third-order valence-electron chi connectivity index (χ3n) is 5.01. The summed E-state index contributed by atoms with van der Waals surface area (Å²) in [5.41, 5.74) is 3.11. The van der Waals surface area contributed by atoms with E-state index in [0.29, 0.717) is 41.6 Å². The van der Waals surface area contributed by atoms with E-state index in [-0.39, 0.29) is 18.5 Å². The second-order valence-electron chi connectivity index (χ2n) is 7.03. The number of benzene rings is 2. The molecular weight excluding hydrogens is 424 g/mol. The number of anilines is 1. The van der Waals surface area contributed by atoms with Crippen LogP contribution in [0.15, 0.2) is 48.5 Å². The van der Waals surface area contributed by atoms with E-state index < -0.39 is 0 Å². The molecule has 1 aliphatic heterocycles. The van der Waals surface area contributed by atoms with Gasteiger partial charge in [-0.15, -0.1) is 0 Å². The van der Waals surface area contributed by atoms with Gasteiger partial charge in [0, 0.05) is 16.8 Å². The molecule has 33 heavy (non-hydrogen) atoms. The van der Waals surface area contributed by atoms with Crippen molar-refractivity contribution in [3.05, 3.63) is 59.8 Å². The van der Waals surface area contributed by atoms with Crippen molar-refractivity contribution < 1.29 is 23.8 Å². The summed E-state index contributed by atoms with van der Waals surface area (Å²) in [6, 6.07) is 14.3. The van der Waals surface area contributed by atoms with E-state index in [2.05, 4.69) is 27.4 Å². The predicted molar refractivity (Wildman–Crippen MR) is 121 cm³/mol. The van der Waals surface area contributed by atoms with Crippen LogP contribution >= 0.6 is 0 Å². The smallest absolute Gasteiger partial charge is 0.414 e. The van der Waals surface area contributed by atoms with Crippen LogP contribution in [0.3, 0.4) is 0 Å². The van der Waals surface area contributed by atoms with Crippen LogP contribution in [-0.4, -0.2) is 56.1 Å². The Balaban J connectivity index is 1.36. The van der Waals surface area contributed by atoms with Gasteiger partial charge in [-0.25, -0.2) is 4.79 Å². The first-order valence-electron chi connectivity index (χ1n) is 10.2. The fourth-order valence-electron chi connectivity index (χ4n) is 3.31. The van der Waals surface area contributed by atoms with Gasteiger partial charge in [-0.3, -0.25) is 14.8 Å². The van der Waals surface area contributed by atoms with Gasteiger partial charge in [-0.05, 0) is 48.5 Å².